The first kappa shape index (κ1) is 18.7. The molecule has 0 aliphatic carbocycles. The summed E-state index contributed by atoms with van der Waals surface area (Å²) >= 11 is 7.00. The standard InChI is InChI=1S/C15H18ClN3O3S2/c1-15(2,3)24(21,22)19-14-18-12(9-23-14)8-13(20)17-11-6-4-5-10(16)7-11/h4-7,9H,8H2,1-3H3,(H,17,20)(H,18,19). The molecule has 0 aliphatic heterocycles. The van der Waals surface area contributed by atoms with Crippen molar-refractivity contribution in [2.24, 2.45) is 0 Å². The van der Waals surface area contributed by atoms with E-state index < -0.39 is 14.8 Å². The number of anilines is 2. The molecule has 0 aliphatic rings. The highest BCUT2D eigenvalue weighted by atomic mass is 35.5. The average Bonchev–Trinajstić information content (AvgIpc) is 2.83. The van der Waals surface area contributed by atoms with Crippen LogP contribution in [0.5, 0.6) is 0 Å². The number of nitrogens with zero attached hydrogens (tertiary/aromatic N) is 1. The first-order chi connectivity index (χ1) is 11.1. The number of sulfonamides is 1. The molecule has 24 heavy (non-hydrogen) atoms. The van der Waals surface area contributed by atoms with Crippen molar-refractivity contribution in [2.75, 3.05) is 10.0 Å². The van der Waals surface area contributed by atoms with E-state index in [0.29, 0.717) is 16.4 Å². The van der Waals surface area contributed by atoms with E-state index in [1.165, 1.54) is 0 Å². The molecule has 0 unspecified atom stereocenters. The number of amides is 1. The number of rotatable bonds is 5. The molecule has 0 fully saturated rings. The van der Waals surface area contributed by atoms with Crippen molar-refractivity contribution >= 4 is 49.7 Å². The van der Waals surface area contributed by atoms with E-state index in [0.717, 1.165) is 11.3 Å². The fourth-order valence-electron chi connectivity index (χ4n) is 1.64. The molecule has 2 N–H and O–H groups in total. The average molecular weight is 388 g/mol. The van der Waals surface area contributed by atoms with Crippen molar-refractivity contribution in [1.82, 2.24) is 4.98 Å². The summed E-state index contributed by atoms with van der Waals surface area (Å²) in [5.41, 5.74) is 1.09. The van der Waals surface area contributed by atoms with Gasteiger partial charge in [-0.1, -0.05) is 17.7 Å². The van der Waals surface area contributed by atoms with Crippen LogP contribution in [0.15, 0.2) is 29.6 Å². The molecule has 0 spiro atoms. The molecule has 0 atom stereocenters. The topological polar surface area (TPSA) is 88.2 Å². The number of hydrogen-bond donors (Lipinski definition) is 2. The molecule has 2 rings (SSSR count). The van der Waals surface area contributed by atoms with E-state index >= 15 is 0 Å². The van der Waals surface area contributed by atoms with Crippen molar-refractivity contribution in [3.63, 3.8) is 0 Å². The number of hydrogen-bond acceptors (Lipinski definition) is 5. The fraction of sp³-hybridized carbons (Fsp3) is 0.333. The Morgan fingerprint density at radius 1 is 1.33 bits per heavy atom. The number of nitrogens with one attached hydrogen (secondary N) is 2. The van der Waals surface area contributed by atoms with E-state index in [1.807, 2.05) is 0 Å². The molecule has 1 amide bonds. The lowest BCUT2D eigenvalue weighted by Crippen LogP contribution is -2.33. The third kappa shape index (κ3) is 4.93. The van der Waals surface area contributed by atoms with Crippen LogP contribution in [0, 0.1) is 0 Å². The maximum absolute atomic E-state index is 12.1. The van der Waals surface area contributed by atoms with Crippen LogP contribution < -0.4 is 10.0 Å². The molecule has 1 aromatic carbocycles. The van der Waals surface area contributed by atoms with Crippen LogP contribution in [-0.4, -0.2) is 24.1 Å². The maximum atomic E-state index is 12.1. The third-order valence-electron chi connectivity index (χ3n) is 3.03. The van der Waals surface area contributed by atoms with Crippen LogP contribution in [0.2, 0.25) is 5.02 Å². The minimum atomic E-state index is -3.54. The zero-order valence-corrected chi connectivity index (χ0v) is 15.8. The van der Waals surface area contributed by atoms with E-state index in [-0.39, 0.29) is 17.5 Å². The number of carbonyl (C=O) groups is 1. The smallest absolute Gasteiger partial charge is 0.239 e. The Bertz CT molecular complexity index is 842. The van der Waals surface area contributed by atoms with Crippen molar-refractivity contribution in [3.05, 3.63) is 40.4 Å². The van der Waals surface area contributed by atoms with Crippen LogP contribution >= 0.6 is 22.9 Å². The predicted molar refractivity (Wildman–Crippen MR) is 98.2 cm³/mol. The van der Waals surface area contributed by atoms with Gasteiger partial charge in [0.1, 0.15) is 0 Å². The van der Waals surface area contributed by atoms with Gasteiger partial charge in [-0.15, -0.1) is 11.3 Å². The Balaban J connectivity index is 2.00. The van der Waals surface area contributed by atoms with Gasteiger partial charge in [0.05, 0.1) is 16.9 Å². The zero-order valence-electron chi connectivity index (χ0n) is 13.5. The van der Waals surface area contributed by atoms with E-state index in [4.69, 9.17) is 11.6 Å². The van der Waals surface area contributed by atoms with E-state index in [9.17, 15) is 13.2 Å². The van der Waals surface area contributed by atoms with Gasteiger partial charge in [-0.2, -0.15) is 0 Å². The lowest BCUT2D eigenvalue weighted by molar-refractivity contribution is -0.115. The zero-order chi connectivity index (χ0) is 18.0. The van der Waals surface area contributed by atoms with Crippen molar-refractivity contribution in [3.8, 4) is 0 Å². The Hall–Kier alpha value is -1.64. The third-order valence-corrected chi connectivity index (χ3v) is 6.27. The molecule has 130 valence electrons. The first-order valence-corrected chi connectivity index (χ1v) is 9.83. The molecule has 0 saturated carbocycles. The van der Waals surface area contributed by atoms with Gasteiger partial charge in [0.15, 0.2) is 5.13 Å². The van der Waals surface area contributed by atoms with Gasteiger partial charge in [-0.05, 0) is 39.0 Å². The Labute approximate surface area is 150 Å². The largest absolute Gasteiger partial charge is 0.326 e. The molecule has 0 saturated heterocycles. The number of halogens is 1. The molecule has 0 radical (unpaired) electrons. The van der Waals surface area contributed by atoms with Gasteiger partial charge >= 0.3 is 0 Å². The second kappa shape index (κ2) is 7.08. The molecule has 9 heteroatoms. The normalized spacial score (nSPS) is 12.0. The van der Waals surface area contributed by atoms with Gasteiger partial charge in [-0.3, -0.25) is 9.52 Å². The number of aromatic nitrogens is 1. The van der Waals surface area contributed by atoms with Crippen LogP contribution in [0.4, 0.5) is 10.8 Å². The molecular formula is C15H18ClN3O3S2. The minimum absolute atomic E-state index is 0.0419. The lowest BCUT2D eigenvalue weighted by atomic mass is 10.3. The highest BCUT2D eigenvalue weighted by Crippen LogP contribution is 2.23. The molecule has 1 aromatic heterocycles. The summed E-state index contributed by atoms with van der Waals surface area (Å²) in [4.78, 5) is 16.2. The summed E-state index contributed by atoms with van der Waals surface area (Å²) in [6.45, 7) is 4.80. The van der Waals surface area contributed by atoms with Crippen molar-refractivity contribution < 1.29 is 13.2 Å². The summed E-state index contributed by atoms with van der Waals surface area (Å²) in [6.07, 6.45) is 0.0419. The van der Waals surface area contributed by atoms with Crippen molar-refractivity contribution in [1.29, 1.82) is 0 Å². The SMILES string of the molecule is CC(C)(C)S(=O)(=O)Nc1nc(CC(=O)Nc2cccc(Cl)c2)cs1. The van der Waals surface area contributed by atoms with E-state index in [2.05, 4.69) is 15.0 Å². The van der Waals surface area contributed by atoms with Crippen molar-refractivity contribution in [2.45, 2.75) is 31.9 Å². The second-order valence-electron chi connectivity index (χ2n) is 6.10. The van der Waals surface area contributed by atoms with E-state index in [1.54, 1.807) is 50.4 Å². The summed E-state index contributed by atoms with van der Waals surface area (Å²) < 4.78 is 25.7. The van der Waals surface area contributed by atoms with Gasteiger partial charge in [0.2, 0.25) is 15.9 Å². The van der Waals surface area contributed by atoms with Crippen LogP contribution in [0.1, 0.15) is 26.5 Å². The fourth-order valence-corrected chi connectivity index (χ4v) is 3.49. The first-order valence-electron chi connectivity index (χ1n) is 7.09. The molecule has 6 nitrogen and oxygen atoms in total. The second-order valence-corrected chi connectivity index (χ2v) is 9.83. The van der Waals surface area contributed by atoms with Gasteiger partial charge < -0.3 is 5.32 Å². The Morgan fingerprint density at radius 2 is 2.04 bits per heavy atom. The number of carbonyl (C=O) groups excluding carboxylic acids is 1. The summed E-state index contributed by atoms with van der Waals surface area (Å²) in [5.74, 6) is -0.257. The minimum Gasteiger partial charge on any atom is -0.326 e. The van der Waals surface area contributed by atoms with Crippen LogP contribution in [0.25, 0.3) is 0 Å². The van der Waals surface area contributed by atoms with Crippen LogP contribution in [-0.2, 0) is 21.2 Å². The summed E-state index contributed by atoms with van der Waals surface area (Å²) in [5, 5.41) is 5.14. The number of benzene rings is 1. The molecular weight excluding hydrogens is 370 g/mol. The molecule has 1 heterocycles. The summed E-state index contributed by atoms with van der Waals surface area (Å²) in [6, 6.07) is 6.82. The quantitative estimate of drug-likeness (QED) is 0.821. The van der Waals surface area contributed by atoms with Gasteiger partial charge in [0, 0.05) is 16.1 Å². The number of thiazole rings is 1. The highest BCUT2D eigenvalue weighted by Gasteiger charge is 2.29. The Kier molecular flexibility index (Phi) is 5.52. The van der Waals surface area contributed by atoms with Gasteiger partial charge in [-0.25, -0.2) is 13.4 Å². The maximum Gasteiger partial charge on any atom is 0.239 e. The summed E-state index contributed by atoms with van der Waals surface area (Å²) in [7, 11) is -3.54. The predicted octanol–water partition coefficient (Wildman–Crippen LogP) is 3.52. The molecule has 2 aromatic rings. The van der Waals surface area contributed by atoms with Crippen LogP contribution in [0.3, 0.4) is 0 Å². The molecule has 0 bridgehead atoms. The monoisotopic (exact) mass is 387 g/mol. The Morgan fingerprint density at radius 3 is 2.67 bits per heavy atom. The van der Waals surface area contributed by atoms with Gasteiger partial charge in [0.25, 0.3) is 0 Å². The lowest BCUT2D eigenvalue weighted by Gasteiger charge is -2.18. The highest BCUT2D eigenvalue weighted by molar-refractivity contribution is 7.94.